The molecule has 11 heteroatoms. The molecule has 0 aliphatic rings. The lowest BCUT2D eigenvalue weighted by atomic mass is 10.3. The maximum atomic E-state index is 12.4. The largest absolute Gasteiger partial charge is 0.417 e. The van der Waals surface area contributed by atoms with Crippen LogP contribution in [0.1, 0.15) is 11.1 Å². The first kappa shape index (κ1) is 18.3. The molecule has 2 heterocycles. The molecule has 0 bridgehead atoms. The smallest absolute Gasteiger partial charge is 0.248 e. The molecule has 0 saturated carbocycles. The number of hydrogen-bond acceptors (Lipinski definition) is 5. The molecule has 0 amide bonds. The third-order valence-corrected chi connectivity index (χ3v) is 5.98. The van der Waals surface area contributed by atoms with Crippen molar-refractivity contribution in [3.63, 3.8) is 0 Å². The fraction of sp³-hybridized carbons (Fsp3) is 0.167. The van der Waals surface area contributed by atoms with Gasteiger partial charge in [-0.25, -0.2) is 9.97 Å². The average molecular weight is 388 g/mol. The van der Waals surface area contributed by atoms with Crippen LogP contribution in [0.15, 0.2) is 46.7 Å². The minimum Gasteiger partial charge on any atom is -0.248 e. The van der Waals surface area contributed by atoms with Crippen molar-refractivity contribution in [3.05, 3.63) is 47.8 Å². The van der Waals surface area contributed by atoms with E-state index in [1.165, 1.54) is 12.1 Å². The van der Waals surface area contributed by atoms with Gasteiger partial charge in [0, 0.05) is 12.4 Å². The molecule has 2 nitrogen and oxygen atoms in total. The molecule has 0 aromatic carbocycles. The van der Waals surface area contributed by atoms with E-state index < -0.39 is 23.5 Å². The second-order valence-electron chi connectivity index (χ2n) is 4.00. The molecular weight excluding hydrogens is 382 g/mol. The van der Waals surface area contributed by atoms with Gasteiger partial charge in [-0.1, -0.05) is 0 Å². The Bertz CT molecular complexity index is 582. The number of rotatable bonds is 4. The Kier molecular flexibility index (Phi) is 5.74. The number of alkyl halides is 6. The van der Waals surface area contributed by atoms with E-state index in [-0.39, 0.29) is 0 Å². The minimum atomic E-state index is -4.44. The molecule has 124 valence electrons. The molecule has 2 aromatic rings. The fourth-order valence-electron chi connectivity index (χ4n) is 1.28. The van der Waals surface area contributed by atoms with Gasteiger partial charge in [0.05, 0.1) is 11.1 Å². The minimum absolute atomic E-state index is 0.349. The van der Waals surface area contributed by atoms with Crippen molar-refractivity contribution in [3.8, 4) is 0 Å². The van der Waals surface area contributed by atoms with E-state index in [2.05, 4.69) is 9.97 Å². The van der Waals surface area contributed by atoms with Crippen LogP contribution >= 0.6 is 31.4 Å². The zero-order chi connectivity index (χ0) is 17.1. The molecule has 0 unspecified atom stereocenters. The normalized spacial score (nSPS) is 12.4. The summed E-state index contributed by atoms with van der Waals surface area (Å²) in [6, 6.07) is 4.27. The van der Waals surface area contributed by atoms with E-state index >= 15 is 0 Å². The molecule has 2 rings (SSSR count). The monoisotopic (exact) mass is 388 g/mol. The van der Waals surface area contributed by atoms with Crippen LogP contribution in [0.5, 0.6) is 0 Å². The number of nitrogens with zero attached hydrogens (tertiary/aromatic N) is 2. The van der Waals surface area contributed by atoms with E-state index in [9.17, 15) is 26.3 Å². The van der Waals surface area contributed by atoms with Gasteiger partial charge in [-0.3, -0.25) is 0 Å². The predicted molar refractivity (Wildman–Crippen MR) is 77.8 cm³/mol. The van der Waals surface area contributed by atoms with Crippen LogP contribution in [0.4, 0.5) is 26.3 Å². The van der Waals surface area contributed by atoms with Crippen molar-refractivity contribution in [1.82, 2.24) is 9.97 Å². The summed E-state index contributed by atoms with van der Waals surface area (Å²) in [5.41, 5.74) is -1.69. The molecular formula is C12H6F6N2S3. The van der Waals surface area contributed by atoms with Crippen molar-refractivity contribution in [2.24, 2.45) is 0 Å². The predicted octanol–water partition coefficient (Wildman–Crippen LogP) is 5.96. The van der Waals surface area contributed by atoms with Gasteiger partial charge in [-0.2, -0.15) is 26.3 Å². The first-order chi connectivity index (χ1) is 10.7. The van der Waals surface area contributed by atoms with E-state index in [1.54, 1.807) is 0 Å². The van der Waals surface area contributed by atoms with Gasteiger partial charge < -0.3 is 0 Å². The molecule has 0 atom stereocenters. The Hall–Kier alpha value is -1.07. The van der Waals surface area contributed by atoms with Crippen molar-refractivity contribution in [1.29, 1.82) is 0 Å². The van der Waals surface area contributed by atoms with Crippen LogP contribution in [0, 0.1) is 0 Å². The van der Waals surface area contributed by atoms with E-state index in [1.807, 2.05) is 0 Å². The lowest BCUT2D eigenvalue weighted by Crippen LogP contribution is -2.04. The summed E-state index contributed by atoms with van der Waals surface area (Å²) in [6.07, 6.45) is -7.43. The summed E-state index contributed by atoms with van der Waals surface area (Å²) >= 11 is 0. The van der Waals surface area contributed by atoms with Crippen LogP contribution in [0.3, 0.4) is 0 Å². The number of pyridine rings is 2. The van der Waals surface area contributed by atoms with Crippen LogP contribution in [-0.2, 0) is 12.4 Å². The summed E-state index contributed by atoms with van der Waals surface area (Å²) < 4.78 is 74.2. The van der Waals surface area contributed by atoms with Gasteiger partial charge in [0.2, 0.25) is 0 Å². The van der Waals surface area contributed by atoms with Crippen LogP contribution in [-0.4, -0.2) is 9.97 Å². The van der Waals surface area contributed by atoms with E-state index in [4.69, 9.17) is 0 Å². The molecule has 0 fully saturated rings. The second kappa shape index (κ2) is 7.22. The molecule has 0 spiro atoms. The number of hydrogen-bond donors (Lipinski definition) is 0. The first-order valence-electron chi connectivity index (χ1n) is 5.74. The molecule has 0 N–H and O–H groups in total. The van der Waals surface area contributed by atoms with Gasteiger partial charge >= 0.3 is 12.4 Å². The van der Waals surface area contributed by atoms with Crippen LogP contribution in [0.25, 0.3) is 0 Å². The van der Waals surface area contributed by atoms with Crippen molar-refractivity contribution in [2.75, 3.05) is 0 Å². The number of aromatic nitrogens is 2. The Morgan fingerprint density at radius 3 is 1.30 bits per heavy atom. The highest BCUT2D eigenvalue weighted by molar-refractivity contribution is 9.09. The van der Waals surface area contributed by atoms with Gasteiger partial charge in [0.15, 0.2) is 0 Å². The summed E-state index contributed by atoms with van der Waals surface area (Å²) in [7, 11) is 3.30. The maximum absolute atomic E-state index is 12.4. The second-order valence-corrected chi connectivity index (χ2v) is 7.94. The topological polar surface area (TPSA) is 25.8 Å². The van der Waals surface area contributed by atoms with Crippen molar-refractivity contribution >= 4 is 31.4 Å². The quantitative estimate of drug-likeness (QED) is 0.475. The lowest BCUT2D eigenvalue weighted by Gasteiger charge is -2.07. The van der Waals surface area contributed by atoms with Gasteiger partial charge in [0.1, 0.15) is 10.1 Å². The molecule has 0 aliphatic heterocycles. The first-order valence-corrected chi connectivity index (χ1v) is 9.22. The third-order valence-electron chi connectivity index (χ3n) is 2.37. The molecule has 23 heavy (non-hydrogen) atoms. The summed E-state index contributed by atoms with van der Waals surface area (Å²) in [4.78, 5) is 7.32. The van der Waals surface area contributed by atoms with Crippen molar-refractivity contribution < 1.29 is 26.3 Å². The summed E-state index contributed by atoms with van der Waals surface area (Å²) in [5, 5.41) is 0.699. The summed E-state index contributed by atoms with van der Waals surface area (Å²) in [5.74, 6) is 0. The Morgan fingerprint density at radius 1 is 0.652 bits per heavy atom. The van der Waals surface area contributed by atoms with Gasteiger partial charge in [-0.05, 0) is 55.7 Å². The molecule has 0 aliphatic carbocycles. The van der Waals surface area contributed by atoms with Crippen molar-refractivity contribution in [2.45, 2.75) is 22.4 Å². The zero-order valence-electron chi connectivity index (χ0n) is 10.9. The molecule has 2 aromatic heterocycles. The third kappa shape index (κ3) is 5.50. The van der Waals surface area contributed by atoms with E-state index in [0.717, 1.165) is 55.9 Å². The average Bonchev–Trinajstić information content (AvgIpc) is 2.46. The van der Waals surface area contributed by atoms with Crippen LogP contribution < -0.4 is 0 Å². The highest BCUT2D eigenvalue weighted by Gasteiger charge is 2.31. The Morgan fingerprint density at radius 2 is 1.04 bits per heavy atom. The lowest BCUT2D eigenvalue weighted by molar-refractivity contribution is -0.138. The van der Waals surface area contributed by atoms with Gasteiger partial charge in [0.25, 0.3) is 0 Å². The summed E-state index contributed by atoms with van der Waals surface area (Å²) in [6.45, 7) is 0. The van der Waals surface area contributed by atoms with E-state index in [0.29, 0.717) is 10.1 Å². The number of halogens is 6. The SMILES string of the molecule is FC(F)(F)c1ccc(SSSc2ccc(C(F)(F)F)cn2)nc1. The molecule has 0 radical (unpaired) electrons. The Labute approximate surface area is 138 Å². The zero-order valence-corrected chi connectivity index (χ0v) is 13.3. The fourth-order valence-corrected chi connectivity index (χ4v) is 4.57. The highest BCUT2D eigenvalue weighted by Crippen LogP contribution is 2.43. The highest BCUT2D eigenvalue weighted by atomic mass is 33.5. The Balaban J connectivity index is 1.87. The van der Waals surface area contributed by atoms with Crippen LogP contribution in [0.2, 0.25) is 0 Å². The molecule has 0 saturated heterocycles. The maximum Gasteiger partial charge on any atom is 0.417 e. The van der Waals surface area contributed by atoms with Gasteiger partial charge in [-0.15, -0.1) is 0 Å². The standard InChI is InChI=1S/C12H6F6N2S3/c13-11(14,15)7-1-3-9(19-5-7)21-23-22-10-4-2-8(6-20-10)12(16,17)18/h1-6H.